The Bertz CT molecular complexity index is 385. The highest BCUT2D eigenvalue weighted by Gasteiger charge is 2.32. The van der Waals surface area contributed by atoms with Gasteiger partial charge in [-0.05, 0) is 30.2 Å². The largest absolute Gasteiger partial charge is 0.416 e. The molecule has 0 unspecified atom stereocenters. The Hall–Kier alpha value is -1.00. The van der Waals surface area contributed by atoms with Crippen molar-refractivity contribution in [2.45, 2.75) is 12.6 Å². The predicted molar refractivity (Wildman–Crippen MR) is 57.2 cm³/mol. The third-order valence-electron chi connectivity index (χ3n) is 1.91. The SMILES string of the molecule is OCCC=Cc1cc(Cl)ccc1C(F)(F)F. The molecule has 0 aliphatic rings. The Morgan fingerprint density at radius 3 is 2.56 bits per heavy atom. The summed E-state index contributed by atoms with van der Waals surface area (Å²) in [5.74, 6) is 0. The van der Waals surface area contributed by atoms with Crippen LogP contribution in [0.15, 0.2) is 24.3 Å². The molecule has 0 saturated heterocycles. The van der Waals surface area contributed by atoms with E-state index in [0.29, 0.717) is 6.42 Å². The van der Waals surface area contributed by atoms with Gasteiger partial charge in [0.05, 0.1) is 5.56 Å². The number of aliphatic hydroxyl groups excluding tert-OH is 1. The van der Waals surface area contributed by atoms with Crippen LogP contribution in [-0.2, 0) is 6.18 Å². The van der Waals surface area contributed by atoms with Crippen molar-refractivity contribution in [1.29, 1.82) is 0 Å². The summed E-state index contributed by atoms with van der Waals surface area (Å²) >= 11 is 5.63. The summed E-state index contributed by atoms with van der Waals surface area (Å²) in [6.07, 6.45) is -1.31. The maximum atomic E-state index is 12.6. The zero-order chi connectivity index (χ0) is 12.2. The van der Waals surface area contributed by atoms with Crippen LogP contribution >= 0.6 is 11.6 Å². The highest BCUT2D eigenvalue weighted by atomic mass is 35.5. The second-order valence-electron chi connectivity index (χ2n) is 3.14. The molecule has 1 aromatic rings. The van der Waals surface area contributed by atoms with Crippen molar-refractivity contribution in [3.63, 3.8) is 0 Å². The molecule has 0 heterocycles. The second-order valence-corrected chi connectivity index (χ2v) is 3.58. The molecule has 0 radical (unpaired) electrons. The van der Waals surface area contributed by atoms with E-state index >= 15 is 0 Å². The monoisotopic (exact) mass is 250 g/mol. The van der Waals surface area contributed by atoms with Gasteiger partial charge in [0.1, 0.15) is 0 Å². The molecule has 88 valence electrons. The molecule has 1 N–H and O–H groups in total. The summed E-state index contributed by atoms with van der Waals surface area (Å²) in [4.78, 5) is 0. The normalized spacial score (nSPS) is 12.3. The zero-order valence-electron chi connectivity index (χ0n) is 8.26. The Morgan fingerprint density at radius 1 is 1.31 bits per heavy atom. The lowest BCUT2D eigenvalue weighted by atomic mass is 10.1. The van der Waals surface area contributed by atoms with Crippen molar-refractivity contribution >= 4 is 17.7 Å². The fourth-order valence-electron chi connectivity index (χ4n) is 1.21. The van der Waals surface area contributed by atoms with Crippen LogP contribution in [0.4, 0.5) is 13.2 Å². The van der Waals surface area contributed by atoms with E-state index in [9.17, 15) is 13.2 Å². The highest BCUT2D eigenvalue weighted by Crippen LogP contribution is 2.33. The van der Waals surface area contributed by atoms with E-state index in [1.807, 2.05) is 0 Å². The smallest absolute Gasteiger partial charge is 0.396 e. The number of halogens is 4. The minimum atomic E-state index is -4.40. The maximum absolute atomic E-state index is 12.6. The number of hydrogen-bond donors (Lipinski definition) is 1. The average molecular weight is 251 g/mol. The summed E-state index contributed by atoms with van der Waals surface area (Å²) in [6, 6.07) is 3.40. The molecule has 0 amide bonds. The quantitative estimate of drug-likeness (QED) is 0.866. The van der Waals surface area contributed by atoms with Crippen LogP contribution in [0.5, 0.6) is 0 Å². The second kappa shape index (κ2) is 5.37. The van der Waals surface area contributed by atoms with Crippen LogP contribution in [-0.4, -0.2) is 11.7 Å². The molecule has 16 heavy (non-hydrogen) atoms. The third-order valence-corrected chi connectivity index (χ3v) is 2.15. The fraction of sp³-hybridized carbons (Fsp3) is 0.273. The predicted octanol–water partition coefficient (Wildman–Crippen LogP) is 3.75. The number of alkyl halides is 3. The van der Waals surface area contributed by atoms with Gasteiger partial charge in [0, 0.05) is 11.6 Å². The lowest BCUT2D eigenvalue weighted by Crippen LogP contribution is -2.07. The van der Waals surface area contributed by atoms with E-state index in [2.05, 4.69) is 0 Å². The Morgan fingerprint density at radius 2 is 2.00 bits per heavy atom. The topological polar surface area (TPSA) is 20.2 Å². The minimum Gasteiger partial charge on any atom is -0.396 e. The van der Waals surface area contributed by atoms with Crippen LogP contribution in [0.3, 0.4) is 0 Å². The number of rotatable bonds is 3. The Kier molecular flexibility index (Phi) is 4.38. The summed E-state index contributed by atoms with van der Waals surface area (Å²) in [5, 5.41) is 8.78. The molecule has 0 atom stereocenters. The van der Waals surface area contributed by atoms with Crippen molar-refractivity contribution in [3.05, 3.63) is 40.4 Å². The zero-order valence-corrected chi connectivity index (χ0v) is 9.02. The van der Waals surface area contributed by atoms with Crippen LogP contribution < -0.4 is 0 Å². The van der Waals surface area contributed by atoms with Crippen LogP contribution in [0.25, 0.3) is 6.08 Å². The van der Waals surface area contributed by atoms with Crippen molar-refractivity contribution in [1.82, 2.24) is 0 Å². The van der Waals surface area contributed by atoms with Crippen molar-refractivity contribution in [2.75, 3.05) is 6.61 Å². The van der Waals surface area contributed by atoms with Crippen molar-refractivity contribution < 1.29 is 18.3 Å². The summed E-state index contributed by atoms with van der Waals surface area (Å²) < 4.78 is 37.7. The van der Waals surface area contributed by atoms with E-state index < -0.39 is 11.7 Å². The van der Waals surface area contributed by atoms with Crippen LogP contribution in [0.1, 0.15) is 17.5 Å². The Balaban J connectivity index is 3.09. The molecular weight excluding hydrogens is 241 g/mol. The van der Waals surface area contributed by atoms with Gasteiger partial charge in [-0.25, -0.2) is 0 Å². The van der Waals surface area contributed by atoms with Gasteiger partial charge < -0.3 is 5.11 Å². The standard InChI is InChI=1S/C11H10ClF3O/c12-9-4-5-10(11(13,14)15)8(7-9)3-1-2-6-16/h1,3-5,7,16H,2,6H2. The molecule has 1 nitrogen and oxygen atoms in total. The molecule has 0 saturated carbocycles. The van der Waals surface area contributed by atoms with Crippen LogP contribution in [0.2, 0.25) is 5.02 Å². The average Bonchev–Trinajstić information content (AvgIpc) is 2.16. The summed E-state index contributed by atoms with van der Waals surface area (Å²) in [7, 11) is 0. The van der Waals surface area contributed by atoms with E-state index in [1.54, 1.807) is 0 Å². The first kappa shape index (κ1) is 13.1. The number of aliphatic hydroxyl groups is 1. The van der Waals surface area contributed by atoms with Gasteiger partial charge in [-0.15, -0.1) is 0 Å². The molecule has 0 aliphatic carbocycles. The molecule has 0 aliphatic heterocycles. The first-order chi connectivity index (χ1) is 7.45. The maximum Gasteiger partial charge on any atom is 0.416 e. The minimum absolute atomic E-state index is 0.00782. The van der Waals surface area contributed by atoms with E-state index in [-0.39, 0.29) is 17.2 Å². The highest BCUT2D eigenvalue weighted by molar-refractivity contribution is 6.30. The van der Waals surface area contributed by atoms with Gasteiger partial charge >= 0.3 is 6.18 Å². The molecule has 0 aromatic heterocycles. The molecule has 1 rings (SSSR count). The van der Waals surface area contributed by atoms with Gasteiger partial charge in [-0.3, -0.25) is 0 Å². The third kappa shape index (κ3) is 3.54. The van der Waals surface area contributed by atoms with E-state index in [4.69, 9.17) is 16.7 Å². The first-order valence-electron chi connectivity index (χ1n) is 4.59. The van der Waals surface area contributed by atoms with Gasteiger partial charge in [0.15, 0.2) is 0 Å². The van der Waals surface area contributed by atoms with Gasteiger partial charge in [-0.1, -0.05) is 23.8 Å². The summed E-state index contributed by atoms with van der Waals surface area (Å²) in [6.45, 7) is -0.0988. The molecule has 1 aromatic carbocycles. The van der Waals surface area contributed by atoms with Gasteiger partial charge in [0.25, 0.3) is 0 Å². The number of benzene rings is 1. The van der Waals surface area contributed by atoms with E-state index in [1.165, 1.54) is 24.3 Å². The fourth-order valence-corrected chi connectivity index (χ4v) is 1.40. The summed E-state index contributed by atoms with van der Waals surface area (Å²) in [5.41, 5.74) is -0.723. The molecule has 0 bridgehead atoms. The molecule has 5 heteroatoms. The Labute approximate surface area is 96.2 Å². The van der Waals surface area contributed by atoms with E-state index in [0.717, 1.165) is 6.07 Å². The lowest BCUT2D eigenvalue weighted by molar-refractivity contribution is -0.137. The van der Waals surface area contributed by atoms with Crippen molar-refractivity contribution in [3.8, 4) is 0 Å². The number of hydrogen-bond acceptors (Lipinski definition) is 1. The molecular formula is C11H10ClF3O. The van der Waals surface area contributed by atoms with Gasteiger partial charge in [0.2, 0.25) is 0 Å². The molecule has 0 fully saturated rings. The van der Waals surface area contributed by atoms with Crippen LogP contribution in [0, 0.1) is 0 Å². The molecule has 0 spiro atoms. The van der Waals surface area contributed by atoms with Gasteiger partial charge in [-0.2, -0.15) is 13.2 Å². The van der Waals surface area contributed by atoms with Crippen molar-refractivity contribution in [2.24, 2.45) is 0 Å². The first-order valence-corrected chi connectivity index (χ1v) is 4.97. The lowest BCUT2D eigenvalue weighted by Gasteiger charge is -2.10.